The fourth-order valence-corrected chi connectivity index (χ4v) is 2.37. The first-order valence-electron chi connectivity index (χ1n) is 9.77. The van der Waals surface area contributed by atoms with Crippen LogP contribution in [0.4, 0.5) is 5.69 Å². The summed E-state index contributed by atoms with van der Waals surface area (Å²) in [5, 5.41) is 8.97. The molecule has 0 saturated carbocycles. The number of hydrazone groups is 1. The number of carbonyl (C=O) groups is 3. The molecule has 0 aliphatic rings. The Hall–Kier alpha value is -3.88. The van der Waals surface area contributed by atoms with Crippen LogP contribution in [0, 0.1) is 0 Å². The van der Waals surface area contributed by atoms with E-state index in [-0.39, 0.29) is 18.6 Å². The highest BCUT2D eigenvalue weighted by atomic mass is 16.5. The van der Waals surface area contributed by atoms with Crippen LogP contribution in [0.5, 0.6) is 11.5 Å². The van der Waals surface area contributed by atoms with E-state index < -0.39 is 11.8 Å². The molecule has 2 aromatic carbocycles. The number of hydrogen-bond donors (Lipinski definition) is 3. The molecule has 0 saturated heterocycles. The maximum atomic E-state index is 11.9. The van der Waals surface area contributed by atoms with Crippen molar-refractivity contribution in [2.45, 2.75) is 26.8 Å². The summed E-state index contributed by atoms with van der Waals surface area (Å²) in [5.41, 5.74) is 3.30. The van der Waals surface area contributed by atoms with Crippen molar-refractivity contribution >= 4 is 29.6 Å². The van der Waals surface area contributed by atoms with Crippen molar-refractivity contribution in [3.8, 4) is 11.5 Å². The number of hydrogen-bond acceptors (Lipinski definition) is 6. The van der Waals surface area contributed by atoms with E-state index in [0.29, 0.717) is 29.4 Å². The second-order valence-electron chi connectivity index (χ2n) is 6.69. The number of nitrogens with one attached hydrogen (secondary N) is 3. The molecule has 0 fully saturated rings. The summed E-state index contributed by atoms with van der Waals surface area (Å²) >= 11 is 0. The molecule has 0 radical (unpaired) electrons. The first-order valence-corrected chi connectivity index (χ1v) is 9.77. The van der Waals surface area contributed by atoms with E-state index in [0.717, 1.165) is 0 Å². The molecule has 2 rings (SSSR count). The van der Waals surface area contributed by atoms with Gasteiger partial charge in [-0.3, -0.25) is 14.4 Å². The fraction of sp³-hybridized carbons (Fsp3) is 0.273. The van der Waals surface area contributed by atoms with Crippen molar-refractivity contribution in [3.63, 3.8) is 0 Å². The lowest BCUT2D eigenvalue weighted by molar-refractivity contribution is -0.136. The molecule has 0 aromatic heterocycles. The van der Waals surface area contributed by atoms with Crippen LogP contribution >= 0.6 is 0 Å². The van der Waals surface area contributed by atoms with Gasteiger partial charge >= 0.3 is 11.8 Å². The first-order chi connectivity index (χ1) is 14.9. The molecule has 0 atom stereocenters. The molecule has 9 nitrogen and oxygen atoms in total. The first kappa shape index (κ1) is 23.4. The molecule has 3 amide bonds. The van der Waals surface area contributed by atoms with Crippen LogP contribution in [-0.4, -0.2) is 43.2 Å². The van der Waals surface area contributed by atoms with Crippen molar-refractivity contribution < 1.29 is 23.9 Å². The molecule has 0 aliphatic carbocycles. The third kappa shape index (κ3) is 8.57. The summed E-state index contributed by atoms with van der Waals surface area (Å²) in [6.07, 6.45) is 1.39. The number of amides is 3. The molecule has 164 valence electrons. The van der Waals surface area contributed by atoms with Gasteiger partial charge in [0, 0.05) is 11.7 Å². The molecule has 0 bridgehead atoms. The molecule has 0 spiro atoms. The summed E-state index contributed by atoms with van der Waals surface area (Å²) in [6, 6.07) is 13.4. The van der Waals surface area contributed by atoms with E-state index in [2.05, 4.69) is 21.2 Å². The maximum absolute atomic E-state index is 11.9. The minimum Gasteiger partial charge on any atom is -0.494 e. The van der Waals surface area contributed by atoms with Gasteiger partial charge in [-0.1, -0.05) is 0 Å². The SMILES string of the molecule is CCOc1ccc(NC(=O)C(=O)N/N=C\c2ccc(OCC(=O)NC(C)C)cc2)cc1. The van der Waals surface area contributed by atoms with E-state index >= 15 is 0 Å². The highest BCUT2D eigenvalue weighted by molar-refractivity contribution is 6.39. The summed E-state index contributed by atoms with van der Waals surface area (Å²) in [6.45, 7) is 6.07. The van der Waals surface area contributed by atoms with Crippen LogP contribution in [0.3, 0.4) is 0 Å². The highest BCUT2D eigenvalue weighted by Gasteiger charge is 2.12. The summed E-state index contributed by atoms with van der Waals surface area (Å²) in [4.78, 5) is 35.4. The van der Waals surface area contributed by atoms with Crippen LogP contribution in [0.1, 0.15) is 26.3 Å². The molecule has 0 heterocycles. The summed E-state index contributed by atoms with van der Waals surface area (Å²) < 4.78 is 10.7. The van der Waals surface area contributed by atoms with E-state index in [4.69, 9.17) is 9.47 Å². The highest BCUT2D eigenvalue weighted by Crippen LogP contribution is 2.15. The van der Waals surface area contributed by atoms with Gasteiger partial charge in [0.1, 0.15) is 11.5 Å². The molecule has 2 aromatic rings. The van der Waals surface area contributed by atoms with Crippen molar-refractivity contribution in [2.75, 3.05) is 18.5 Å². The van der Waals surface area contributed by atoms with Gasteiger partial charge in [0.25, 0.3) is 5.91 Å². The molecular formula is C22H26N4O5. The van der Waals surface area contributed by atoms with Crippen LogP contribution in [0.25, 0.3) is 0 Å². The predicted molar refractivity (Wildman–Crippen MR) is 117 cm³/mol. The number of anilines is 1. The van der Waals surface area contributed by atoms with Crippen LogP contribution in [-0.2, 0) is 14.4 Å². The zero-order valence-corrected chi connectivity index (χ0v) is 17.7. The topological polar surface area (TPSA) is 118 Å². The number of ether oxygens (including phenoxy) is 2. The van der Waals surface area contributed by atoms with Gasteiger partial charge in [-0.15, -0.1) is 0 Å². The molecular weight excluding hydrogens is 400 g/mol. The Balaban J connectivity index is 1.78. The summed E-state index contributed by atoms with van der Waals surface area (Å²) in [7, 11) is 0. The second-order valence-corrected chi connectivity index (χ2v) is 6.69. The zero-order chi connectivity index (χ0) is 22.6. The number of rotatable bonds is 9. The Morgan fingerprint density at radius 1 is 0.935 bits per heavy atom. The minimum absolute atomic E-state index is 0.0490. The quantitative estimate of drug-likeness (QED) is 0.322. The Labute approximate surface area is 180 Å². The van der Waals surface area contributed by atoms with Crippen molar-refractivity contribution in [1.29, 1.82) is 0 Å². The Kier molecular flexibility index (Phi) is 9.03. The third-order valence-electron chi connectivity index (χ3n) is 3.71. The molecule has 0 unspecified atom stereocenters. The molecule has 9 heteroatoms. The van der Waals surface area contributed by atoms with E-state index in [1.807, 2.05) is 20.8 Å². The Bertz CT molecular complexity index is 909. The fourth-order valence-electron chi connectivity index (χ4n) is 2.37. The van der Waals surface area contributed by atoms with E-state index in [1.165, 1.54) is 6.21 Å². The lowest BCUT2D eigenvalue weighted by atomic mass is 10.2. The normalized spacial score (nSPS) is 10.6. The van der Waals surface area contributed by atoms with Gasteiger partial charge in [0.15, 0.2) is 6.61 Å². The van der Waals surface area contributed by atoms with Gasteiger partial charge < -0.3 is 20.1 Å². The molecule has 31 heavy (non-hydrogen) atoms. The van der Waals surface area contributed by atoms with Crippen molar-refractivity contribution in [3.05, 3.63) is 54.1 Å². The Morgan fingerprint density at radius 3 is 2.16 bits per heavy atom. The van der Waals surface area contributed by atoms with Crippen LogP contribution in [0.2, 0.25) is 0 Å². The lowest BCUT2D eigenvalue weighted by Gasteiger charge is -2.09. The number of carbonyl (C=O) groups excluding carboxylic acids is 3. The monoisotopic (exact) mass is 426 g/mol. The Morgan fingerprint density at radius 2 is 1.55 bits per heavy atom. The maximum Gasteiger partial charge on any atom is 0.329 e. The standard InChI is InChI=1S/C22H26N4O5/c1-4-30-18-11-7-17(8-12-18)25-21(28)22(29)26-23-13-16-5-9-19(10-6-16)31-14-20(27)24-15(2)3/h5-13,15H,4,14H2,1-3H3,(H,24,27)(H,25,28)(H,26,29)/b23-13-. The van der Waals surface area contributed by atoms with E-state index in [9.17, 15) is 14.4 Å². The molecule has 0 aliphatic heterocycles. The van der Waals surface area contributed by atoms with Crippen LogP contribution in [0.15, 0.2) is 53.6 Å². The van der Waals surface area contributed by atoms with E-state index in [1.54, 1.807) is 48.5 Å². The average Bonchev–Trinajstić information content (AvgIpc) is 2.74. The lowest BCUT2D eigenvalue weighted by Crippen LogP contribution is -2.34. The van der Waals surface area contributed by atoms with Gasteiger partial charge in [0.05, 0.1) is 12.8 Å². The number of benzene rings is 2. The van der Waals surface area contributed by atoms with Crippen molar-refractivity contribution in [2.24, 2.45) is 5.10 Å². The minimum atomic E-state index is -0.902. The van der Waals surface area contributed by atoms with Gasteiger partial charge in [-0.25, -0.2) is 5.43 Å². The predicted octanol–water partition coefficient (Wildman–Crippen LogP) is 2.08. The molecule has 3 N–H and O–H groups in total. The smallest absolute Gasteiger partial charge is 0.329 e. The van der Waals surface area contributed by atoms with Gasteiger partial charge in [-0.05, 0) is 74.9 Å². The zero-order valence-electron chi connectivity index (χ0n) is 17.7. The van der Waals surface area contributed by atoms with Crippen molar-refractivity contribution in [1.82, 2.24) is 10.7 Å². The number of nitrogens with zero attached hydrogens (tertiary/aromatic N) is 1. The average molecular weight is 426 g/mol. The van der Waals surface area contributed by atoms with Gasteiger partial charge in [-0.2, -0.15) is 5.10 Å². The van der Waals surface area contributed by atoms with Crippen LogP contribution < -0.4 is 25.5 Å². The van der Waals surface area contributed by atoms with Gasteiger partial charge in [0.2, 0.25) is 0 Å². The third-order valence-corrected chi connectivity index (χ3v) is 3.71. The summed E-state index contributed by atoms with van der Waals surface area (Å²) in [5.74, 6) is -0.752. The largest absolute Gasteiger partial charge is 0.494 e. The second kappa shape index (κ2) is 12.0.